The summed E-state index contributed by atoms with van der Waals surface area (Å²) in [6.45, 7) is 2.00. The summed E-state index contributed by atoms with van der Waals surface area (Å²) in [7, 11) is 1.65. The van der Waals surface area contributed by atoms with Gasteiger partial charge in [0.2, 0.25) is 0 Å². The summed E-state index contributed by atoms with van der Waals surface area (Å²) >= 11 is 4.92. The van der Waals surface area contributed by atoms with E-state index in [0.29, 0.717) is 0 Å². The van der Waals surface area contributed by atoms with Gasteiger partial charge in [0, 0.05) is 10.9 Å². The normalized spacial score (nSPS) is 11.4. The van der Waals surface area contributed by atoms with Crippen molar-refractivity contribution in [1.29, 1.82) is 0 Å². The van der Waals surface area contributed by atoms with Crippen LogP contribution in [0, 0.1) is 6.92 Å². The number of aryl methyl sites for hydroxylation is 1. The van der Waals surface area contributed by atoms with E-state index in [4.69, 9.17) is 4.74 Å². The maximum Gasteiger partial charge on any atom is 0.138 e. The molecule has 110 valence electrons. The number of hydrogen-bond donors (Lipinski definition) is 1. The Morgan fingerprint density at radius 3 is 2.20 bits per heavy atom. The monoisotopic (exact) mass is 356 g/mol. The molecule has 20 heavy (non-hydrogen) atoms. The van der Waals surface area contributed by atoms with E-state index in [9.17, 15) is 5.11 Å². The predicted molar refractivity (Wildman–Crippen MR) is 90.0 cm³/mol. The number of hydrogen-bond acceptors (Lipinski definition) is 3. The Morgan fingerprint density at radius 1 is 1.20 bits per heavy atom. The second kappa shape index (κ2) is 9.97. The number of aliphatic hydroxyl groups is 1. The van der Waals surface area contributed by atoms with Gasteiger partial charge < -0.3 is 9.84 Å². The fourth-order valence-electron chi connectivity index (χ4n) is 1.73. The highest BCUT2D eigenvalue weighted by molar-refractivity contribution is 9.09. The minimum absolute atomic E-state index is 0.388. The molecule has 1 aromatic heterocycles. The van der Waals surface area contributed by atoms with E-state index in [1.54, 1.807) is 18.4 Å². The number of rotatable bonds is 5. The van der Waals surface area contributed by atoms with Gasteiger partial charge in [0.05, 0.1) is 18.1 Å². The maximum atomic E-state index is 9.89. The van der Waals surface area contributed by atoms with Gasteiger partial charge in [-0.2, -0.15) is 0 Å². The minimum Gasteiger partial charge on any atom is -0.495 e. The first-order valence-electron chi connectivity index (χ1n) is 6.56. The predicted octanol–water partition coefficient (Wildman–Crippen LogP) is 4.96. The van der Waals surface area contributed by atoms with Crippen LogP contribution in [0.1, 0.15) is 29.4 Å². The topological polar surface area (TPSA) is 29.5 Å². The van der Waals surface area contributed by atoms with E-state index in [1.165, 1.54) is 0 Å². The van der Waals surface area contributed by atoms with Gasteiger partial charge in [-0.05, 0) is 25.1 Å². The van der Waals surface area contributed by atoms with Crippen molar-refractivity contribution >= 4 is 27.3 Å². The van der Waals surface area contributed by atoms with Crippen molar-refractivity contribution in [3.05, 3.63) is 52.2 Å². The molecule has 1 atom stereocenters. The lowest BCUT2D eigenvalue weighted by molar-refractivity contribution is 0.167. The Morgan fingerprint density at radius 2 is 1.75 bits per heavy atom. The molecule has 0 saturated carbocycles. The highest BCUT2D eigenvalue weighted by Gasteiger charge is 2.16. The zero-order chi connectivity index (χ0) is 14.8. The Balaban J connectivity index is 0.000000276. The number of ether oxygens (including phenoxy) is 1. The van der Waals surface area contributed by atoms with Gasteiger partial charge in [-0.3, -0.25) is 0 Å². The van der Waals surface area contributed by atoms with E-state index in [-0.39, 0.29) is 6.10 Å². The SMILES string of the molecule is COc1c(C)csc1C(O)CCCBr.c1ccccc1. The Hall–Kier alpha value is -0.840. The van der Waals surface area contributed by atoms with E-state index in [0.717, 1.165) is 34.4 Å². The molecule has 2 rings (SSSR count). The number of benzene rings is 1. The van der Waals surface area contributed by atoms with E-state index >= 15 is 0 Å². The van der Waals surface area contributed by atoms with Gasteiger partial charge in [0.15, 0.2) is 0 Å². The molecule has 2 nitrogen and oxygen atoms in total. The van der Waals surface area contributed by atoms with E-state index in [2.05, 4.69) is 15.9 Å². The van der Waals surface area contributed by atoms with Crippen molar-refractivity contribution in [2.75, 3.05) is 12.4 Å². The number of halogens is 1. The molecule has 0 aliphatic rings. The summed E-state index contributed by atoms with van der Waals surface area (Å²) in [4.78, 5) is 0.950. The van der Waals surface area contributed by atoms with Gasteiger partial charge in [0.1, 0.15) is 5.75 Å². The highest BCUT2D eigenvalue weighted by Crippen LogP contribution is 2.36. The molecule has 0 aliphatic heterocycles. The summed E-state index contributed by atoms with van der Waals surface area (Å²) in [5.74, 6) is 0.845. The summed E-state index contributed by atoms with van der Waals surface area (Å²) in [6.07, 6.45) is 1.37. The first-order chi connectivity index (χ1) is 9.70. The molecule has 4 heteroatoms. The van der Waals surface area contributed by atoms with Crippen LogP contribution in [0.2, 0.25) is 0 Å². The number of thiophene rings is 1. The van der Waals surface area contributed by atoms with Crippen LogP contribution in [0.4, 0.5) is 0 Å². The molecule has 0 bridgehead atoms. The van der Waals surface area contributed by atoms with Crippen LogP contribution in [0.15, 0.2) is 41.8 Å². The number of methoxy groups -OCH3 is 1. The average molecular weight is 357 g/mol. The van der Waals surface area contributed by atoms with Crippen molar-refractivity contribution in [2.45, 2.75) is 25.9 Å². The third-order valence-corrected chi connectivity index (χ3v) is 4.47. The van der Waals surface area contributed by atoms with Crippen LogP contribution in [0.3, 0.4) is 0 Å². The lowest BCUT2D eigenvalue weighted by atomic mass is 10.1. The quantitative estimate of drug-likeness (QED) is 0.767. The summed E-state index contributed by atoms with van der Waals surface area (Å²) < 4.78 is 5.26. The van der Waals surface area contributed by atoms with Crippen molar-refractivity contribution in [3.63, 3.8) is 0 Å². The molecule has 0 saturated heterocycles. The van der Waals surface area contributed by atoms with Crippen molar-refractivity contribution < 1.29 is 9.84 Å². The summed E-state index contributed by atoms with van der Waals surface area (Å²) in [5.41, 5.74) is 1.10. The van der Waals surface area contributed by atoms with E-state index in [1.807, 2.05) is 48.7 Å². The molecular formula is C16H21BrO2S. The van der Waals surface area contributed by atoms with Gasteiger partial charge in [0.25, 0.3) is 0 Å². The maximum absolute atomic E-state index is 9.89. The average Bonchev–Trinajstić information content (AvgIpc) is 2.88. The molecule has 1 unspecified atom stereocenters. The van der Waals surface area contributed by atoms with Gasteiger partial charge >= 0.3 is 0 Å². The molecule has 1 heterocycles. The first kappa shape index (κ1) is 17.2. The van der Waals surface area contributed by atoms with Crippen LogP contribution in [-0.4, -0.2) is 17.5 Å². The lowest BCUT2D eigenvalue weighted by Gasteiger charge is -2.10. The third kappa shape index (κ3) is 5.65. The van der Waals surface area contributed by atoms with Crippen LogP contribution in [0.5, 0.6) is 5.75 Å². The summed E-state index contributed by atoms with van der Waals surface area (Å²) in [6, 6.07) is 12.0. The zero-order valence-corrected chi connectivity index (χ0v) is 14.3. The zero-order valence-electron chi connectivity index (χ0n) is 11.9. The first-order valence-corrected chi connectivity index (χ1v) is 8.56. The molecule has 0 amide bonds. The van der Waals surface area contributed by atoms with Crippen LogP contribution in [-0.2, 0) is 0 Å². The lowest BCUT2D eigenvalue weighted by Crippen LogP contribution is -1.98. The molecule has 0 radical (unpaired) electrons. The van der Waals surface area contributed by atoms with Gasteiger partial charge in [-0.25, -0.2) is 0 Å². The molecule has 2 aromatic rings. The standard InChI is InChI=1S/C10H15BrO2S.C6H6/c1-7-6-14-10(9(7)13-2)8(12)4-3-5-11;1-2-4-6-5-3-1/h6,8,12H,3-5H2,1-2H3;1-6H. The second-order valence-electron chi connectivity index (χ2n) is 4.32. The van der Waals surface area contributed by atoms with Gasteiger partial charge in [-0.1, -0.05) is 52.3 Å². The molecule has 1 N–H and O–H groups in total. The van der Waals surface area contributed by atoms with Crippen molar-refractivity contribution in [2.24, 2.45) is 0 Å². The van der Waals surface area contributed by atoms with Gasteiger partial charge in [-0.15, -0.1) is 11.3 Å². The molecule has 0 spiro atoms. The van der Waals surface area contributed by atoms with Crippen molar-refractivity contribution in [3.8, 4) is 5.75 Å². The molecule has 1 aromatic carbocycles. The van der Waals surface area contributed by atoms with E-state index < -0.39 is 0 Å². The fraction of sp³-hybridized carbons (Fsp3) is 0.375. The molecular weight excluding hydrogens is 336 g/mol. The second-order valence-corrected chi connectivity index (χ2v) is 6.02. The third-order valence-electron chi connectivity index (χ3n) is 2.73. The smallest absolute Gasteiger partial charge is 0.138 e. The number of alkyl halides is 1. The fourth-order valence-corrected chi connectivity index (χ4v) is 3.09. The van der Waals surface area contributed by atoms with Crippen LogP contribution in [0.25, 0.3) is 0 Å². The highest BCUT2D eigenvalue weighted by atomic mass is 79.9. The number of aliphatic hydroxyl groups excluding tert-OH is 1. The van der Waals surface area contributed by atoms with Crippen LogP contribution < -0.4 is 4.74 Å². The minimum atomic E-state index is -0.388. The molecule has 0 aliphatic carbocycles. The summed E-state index contributed by atoms with van der Waals surface area (Å²) in [5, 5.41) is 12.8. The largest absolute Gasteiger partial charge is 0.495 e. The van der Waals surface area contributed by atoms with Crippen molar-refractivity contribution in [1.82, 2.24) is 0 Å². The molecule has 0 fully saturated rings. The Labute approximate surface area is 133 Å². The van der Waals surface area contributed by atoms with Crippen LogP contribution >= 0.6 is 27.3 Å². The Bertz CT molecular complexity index is 444. The Kier molecular flexibility index (Phi) is 8.58.